The largest absolute Gasteiger partial charge is 0.481 e. The zero-order chi connectivity index (χ0) is 14.6. The molecule has 8 heteroatoms. The van der Waals surface area contributed by atoms with Crippen LogP contribution in [0, 0.1) is 0 Å². The third-order valence-corrected chi connectivity index (χ3v) is 2.98. The predicted molar refractivity (Wildman–Crippen MR) is 60.0 cm³/mol. The second kappa shape index (κ2) is 6.40. The molecule has 8 nitrogen and oxygen atoms in total. The second-order valence-electron chi connectivity index (χ2n) is 4.62. The van der Waals surface area contributed by atoms with Crippen LogP contribution < -0.4 is 0 Å². The summed E-state index contributed by atoms with van der Waals surface area (Å²) in [6.45, 7) is -0.406. The van der Waals surface area contributed by atoms with Gasteiger partial charge in [-0.15, -0.1) is 0 Å². The first-order valence-electron chi connectivity index (χ1n) is 5.90. The molecule has 1 rings (SSSR count). The van der Waals surface area contributed by atoms with E-state index < -0.39 is 48.9 Å². The molecule has 0 saturated carbocycles. The van der Waals surface area contributed by atoms with Gasteiger partial charge in [0.1, 0.15) is 24.1 Å². The van der Waals surface area contributed by atoms with Gasteiger partial charge >= 0.3 is 5.97 Å². The van der Waals surface area contributed by atoms with Crippen LogP contribution >= 0.6 is 0 Å². The zero-order valence-corrected chi connectivity index (χ0v) is 10.2. The molecule has 19 heavy (non-hydrogen) atoms. The van der Waals surface area contributed by atoms with Crippen molar-refractivity contribution in [2.24, 2.45) is 0 Å². The summed E-state index contributed by atoms with van der Waals surface area (Å²) in [6, 6.07) is 0. The van der Waals surface area contributed by atoms with Gasteiger partial charge in [-0.3, -0.25) is 9.59 Å². The van der Waals surface area contributed by atoms with Crippen LogP contribution in [0.4, 0.5) is 0 Å². The number of hydrogen-bond donors (Lipinski definition) is 5. The van der Waals surface area contributed by atoms with Crippen LogP contribution in [-0.2, 0) is 14.3 Å². The number of carbonyl (C=O) groups excluding carboxylic acids is 1. The van der Waals surface area contributed by atoms with E-state index in [1.165, 1.54) is 0 Å². The fraction of sp³-hybridized carbons (Fsp3) is 0.818. The Balaban J connectivity index is 2.50. The highest BCUT2D eigenvalue weighted by Gasteiger charge is 2.49. The van der Waals surface area contributed by atoms with Crippen molar-refractivity contribution in [3.63, 3.8) is 0 Å². The number of aliphatic hydroxyl groups excluding tert-OH is 3. The van der Waals surface area contributed by atoms with E-state index in [1.807, 2.05) is 0 Å². The van der Waals surface area contributed by atoms with Crippen molar-refractivity contribution in [1.29, 1.82) is 0 Å². The molecular formula is C11H18O8. The van der Waals surface area contributed by atoms with Crippen LogP contribution in [0.5, 0.6) is 0 Å². The predicted octanol–water partition coefficient (Wildman–Crippen LogP) is -2.00. The van der Waals surface area contributed by atoms with Crippen molar-refractivity contribution in [3.8, 4) is 0 Å². The number of aliphatic carboxylic acids is 1. The molecule has 0 spiro atoms. The van der Waals surface area contributed by atoms with Gasteiger partial charge in [-0.2, -0.15) is 0 Å². The Bertz CT molecular complexity index is 344. The van der Waals surface area contributed by atoms with Gasteiger partial charge in [0.05, 0.1) is 13.0 Å². The van der Waals surface area contributed by atoms with Crippen molar-refractivity contribution < 1.29 is 39.9 Å². The van der Waals surface area contributed by atoms with E-state index in [0.717, 1.165) is 0 Å². The molecule has 1 saturated heterocycles. The van der Waals surface area contributed by atoms with Crippen LogP contribution in [0.2, 0.25) is 0 Å². The summed E-state index contributed by atoms with van der Waals surface area (Å²) in [4.78, 5) is 21.8. The van der Waals surface area contributed by atoms with Crippen LogP contribution in [0.15, 0.2) is 0 Å². The van der Waals surface area contributed by atoms with Crippen LogP contribution in [-0.4, -0.2) is 68.0 Å². The van der Waals surface area contributed by atoms with Crippen LogP contribution in [0.1, 0.15) is 25.7 Å². The van der Waals surface area contributed by atoms with E-state index in [4.69, 9.17) is 9.84 Å². The Labute approximate surface area is 109 Å². The molecule has 0 amide bonds. The first-order valence-corrected chi connectivity index (χ1v) is 5.90. The molecule has 0 aromatic rings. The summed E-state index contributed by atoms with van der Waals surface area (Å²) in [5.41, 5.74) is 0. The SMILES string of the molecule is O=C(O)CCCC(=O)C[C@]1(O)OC[C@@H](O)[C@H](O)[C@H]1O. The molecule has 0 unspecified atom stereocenters. The Morgan fingerprint density at radius 2 is 1.84 bits per heavy atom. The van der Waals surface area contributed by atoms with Crippen molar-refractivity contribution in [3.05, 3.63) is 0 Å². The zero-order valence-electron chi connectivity index (χ0n) is 10.2. The highest BCUT2D eigenvalue weighted by molar-refractivity contribution is 5.79. The Hall–Kier alpha value is -1.06. The Kier molecular flexibility index (Phi) is 5.39. The normalized spacial score (nSPS) is 35.1. The Morgan fingerprint density at radius 1 is 1.21 bits per heavy atom. The number of carboxylic acid groups (broad SMARTS) is 1. The quantitative estimate of drug-likeness (QED) is 0.375. The average Bonchev–Trinajstić information content (AvgIpc) is 2.31. The number of hydrogen-bond acceptors (Lipinski definition) is 7. The van der Waals surface area contributed by atoms with Crippen molar-refractivity contribution >= 4 is 11.8 Å². The molecule has 0 aliphatic carbocycles. The van der Waals surface area contributed by atoms with Gasteiger partial charge in [-0.25, -0.2) is 0 Å². The monoisotopic (exact) mass is 278 g/mol. The van der Waals surface area contributed by atoms with Crippen molar-refractivity contribution in [2.45, 2.75) is 49.8 Å². The lowest BCUT2D eigenvalue weighted by atomic mass is 9.92. The van der Waals surface area contributed by atoms with Gasteiger partial charge in [0.25, 0.3) is 0 Å². The van der Waals surface area contributed by atoms with E-state index in [-0.39, 0.29) is 19.3 Å². The molecule has 0 radical (unpaired) electrons. The van der Waals surface area contributed by atoms with E-state index >= 15 is 0 Å². The van der Waals surface area contributed by atoms with E-state index in [9.17, 15) is 30.0 Å². The van der Waals surface area contributed by atoms with Gasteiger partial charge in [-0.1, -0.05) is 0 Å². The number of carboxylic acids is 1. The number of ether oxygens (including phenoxy) is 1. The van der Waals surface area contributed by atoms with Crippen LogP contribution in [0.3, 0.4) is 0 Å². The maximum absolute atomic E-state index is 11.5. The lowest BCUT2D eigenvalue weighted by Gasteiger charge is -2.41. The molecule has 110 valence electrons. The van der Waals surface area contributed by atoms with E-state index in [2.05, 4.69) is 0 Å². The standard InChI is InChI=1S/C11H18O8/c12-6(2-1-3-8(14)15)4-11(18)10(17)9(16)7(13)5-19-11/h7,9-10,13,16-18H,1-5H2,(H,14,15)/t7-,9+,10-,11+/m1/s1. The number of carbonyl (C=O) groups is 2. The summed E-state index contributed by atoms with van der Waals surface area (Å²) in [7, 11) is 0. The van der Waals surface area contributed by atoms with E-state index in [0.29, 0.717) is 0 Å². The molecule has 1 heterocycles. The second-order valence-corrected chi connectivity index (χ2v) is 4.62. The molecule has 1 fully saturated rings. The fourth-order valence-electron chi connectivity index (χ4n) is 1.85. The molecule has 1 aliphatic rings. The summed E-state index contributed by atoms with van der Waals surface area (Å²) >= 11 is 0. The molecule has 0 aromatic heterocycles. The lowest BCUT2D eigenvalue weighted by molar-refractivity contribution is -0.320. The molecule has 4 atom stereocenters. The highest BCUT2D eigenvalue weighted by Crippen LogP contribution is 2.27. The molecule has 1 aliphatic heterocycles. The van der Waals surface area contributed by atoms with Crippen molar-refractivity contribution in [1.82, 2.24) is 0 Å². The molecule has 5 N–H and O–H groups in total. The van der Waals surface area contributed by atoms with Gasteiger partial charge in [0.2, 0.25) is 5.79 Å². The van der Waals surface area contributed by atoms with Gasteiger partial charge in [-0.05, 0) is 6.42 Å². The number of rotatable bonds is 6. The maximum atomic E-state index is 11.5. The molecular weight excluding hydrogens is 260 g/mol. The number of ketones is 1. The van der Waals surface area contributed by atoms with Gasteiger partial charge in [0.15, 0.2) is 0 Å². The van der Waals surface area contributed by atoms with Gasteiger partial charge < -0.3 is 30.3 Å². The summed E-state index contributed by atoms with van der Waals surface area (Å²) in [5, 5.41) is 46.6. The van der Waals surface area contributed by atoms with Crippen molar-refractivity contribution in [2.75, 3.05) is 6.61 Å². The Morgan fingerprint density at radius 3 is 2.42 bits per heavy atom. The van der Waals surface area contributed by atoms with E-state index in [1.54, 1.807) is 0 Å². The van der Waals surface area contributed by atoms with Gasteiger partial charge in [0, 0.05) is 12.8 Å². The minimum Gasteiger partial charge on any atom is -0.481 e. The smallest absolute Gasteiger partial charge is 0.303 e. The maximum Gasteiger partial charge on any atom is 0.303 e. The highest BCUT2D eigenvalue weighted by atomic mass is 16.6. The topological polar surface area (TPSA) is 145 Å². The summed E-state index contributed by atoms with van der Waals surface area (Å²) in [6.07, 6.45) is -5.45. The summed E-state index contributed by atoms with van der Waals surface area (Å²) in [5.74, 6) is -3.77. The fourth-order valence-corrected chi connectivity index (χ4v) is 1.85. The van der Waals surface area contributed by atoms with Crippen LogP contribution in [0.25, 0.3) is 0 Å². The molecule has 0 aromatic carbocycles. The first kappa shape index (κ1) is 16.0. The number of aliphatic hydroxyl groups is 4. The third kappa shape index (κ3) is 4.22. The first-order chi connectivity index (χ1) is 8.76. The average molecular weight is 278 g/mol. The minimum atomic E-state index is -2.25. The lowest BCUT2D eigenvalue weighted by Crippen LogP contribution is -2.61. The molecule has 0 bridgehead atoms. The number of Topliss-reactive ketones (excluding diaryl/α,β-unsaturated/α-hetero) is 1. The minimum absolute atomic E-state index is 0.0800. The summed E-state index contributed by atoms with van der Waals surface area (Å²) < 4.78 is 4.82. The third-order valence-electron chi connectivity index (χ3n) is 2.98.